The molecular weight excluding hydrogens is 214 g/mol. The molecule has 1 fully saturated rings. The Morgan fingerprint density at radius 3 is 2.41 bits per heavy atom. The monoisotopic (exact) mass is 235 g/mol. The maximum Gasteiger partial charge on any atom is 0.161 e. The molecule has 0 radical (unpaired) electrons. The zero-order valence-electron chi connectivity index (χ0n) is 10.6. The maximum absolute atomic E-state index is 5.86. The van der Waals surface area contributed by atoms with Gasteiger partial charge < -0.3 is 14.8 Å². The fourth-order valence-corrected chi connectivity index (χ4v) is 1.98. The van der Waals surface area contributed by atoms with Crippen molar-refractivity contribution in [3.05, 3.63) is 24.3 Å². The van der Waals surface area contributed by atoms with E-state index >= 15 is 0 Å². The number of benzene rings is 1. The molecule has 0 aliphatic heterocycles. The molecule has 0 aromatic heterocycles. The molecule has 94 valence electrons. The second-order valence-corrected chi connectivity index (χ2v) is 4.42. The third-order valence-electron chi connectivity index (χ3n) is 3.13. The summed E-state index contributed by atoms with van der Waals surface area (Å²) < 4.78 is 11.4. The van der Waals surface area contributed by atoms with Gasteiger partial charge in [0.2, 0.25) is 0 Å². The topological polar surface area (TPSA) is 30.5 Å². The minimum atomic E-state index is 0.463. The molecule has 1 aromatic rings. The quantitative estimate of drug-likeness (QED) is 0.787. The summed E-state index contributed by atoms with van der Waals surface area (Å²) >= 11 is 0. The summed E-state index contributed by atoms with van der Waals surface area (Å²) in [6.07, 6.45) is 2.64. The Morgan fingerprint density at radius 2 is 1.88 bits per heavy atom. The predicted octanol–water partition coefficient (Wildman–Crippen LogP) is 2.46. The standard InChI is InChI=1S/C14H21NO2/c1-3-16-13-6-4-5-7-14(13)17-10-12(15-2)11-8-9-11/h4-7,11-12,15H,3,8-10H2,1-2H3. The molecule has 1 N–H and O–H groups in total. The molecule has 1 aliphatic rings. The lowest BCUT2D eigenvalue weighted by Gasteiger charge is -2.17. The molecule has 3 nitrogen and oxygen atoms in total. The molecule has 1 atom stereocenters. The van der Waals surface area contributed by atoms with E-state index < -0.39 is 0 Å². The number of rotatable bonds is 7. The minimum Gasteiger partial charge on any atom is -0.490 e. The normalized spacial score (nSPS) is 16.6. The molecule has 2 rings (SSSR count). The van der Waals surface area contributed by atoms with Crippen LogP contribution in [-0.4, -0.2) is 26.3 Å². The highest BCUT2D eigenvalue weighted by Gasteiger charge is 2.30. The third kappa shape index (κ3) is 3.37. The maximum atomic E-state index is 5.86. The van der Waals surface area contributed by atoms with E-state index in [1.807, 2.05) is 38.2 Å². The van der Waals surface area contributed by atoms with Crippen LogP contribution in [0.1, 0.15) is 19.8 Å². The molecule has 1 unspecified atom stereocenters. The molecule has 1 aliphatic carbocycles. The highest BCUT2D eigenvalue weighted by Crippen LogP contribution is 2.33. The minimum absolute atomic E-state index is 0.463. The van der Waals surface area contributed by atoms with E-state index in [1.165, 1.54) is 12.8 Å². The molecule has 17 heavy (non-hydrogen) atoms. The number of hydrogen-bond acceptors (Lipinski definition) is 3. The Bertz CT molecular complexity index is 350. The summed E-state index contributed by atoms with van der Waals surface area (Å²) in [5, 5.41) is 3.32. The van der Waals surface area contributed by atoms with Gasteiger partial charge in [-0.1, -0.05) is 12.1 Å². The van der Waals surface area contributed by atoms with Gasteiger partial charge in [-0.25, -0.2) is 0 Å². The van der Waals surface area contributed by atoms with Crippen molar-refractivity contribution in [2.24, 2.45) is 5.92 Å². The van der Waals surface area contributed by atoms with Gasteiger partial charge in [0.15, 0.2) is 11.5 Å². The van der Waals surface area contributed by atoms with Crippen molar-refractivity contribution in [1.29, 1.82) is 0 Å². The van der Waals surface area contributed by atoms with Crippen molar-refractivity contribution in [3.8, 4) is 11.5 Å². The first-order valence-electron chi connectivity index (χ1n) is 6.37. The Hall–Kier alpha value is -1.22. The smallest absolute Gasteiger partial charge is 0.161 e. The predicted molar refractivity (Wildman–Crippen MR) is 68.7 cm³/mol. The van der Waals surface area contributed by atoms with Gasteiger partial charge in [-0.05, 0) is 44.9 Å². The number of hydrogen-bond donors (Lipinski definition) is 1. The van der Waals surface area contributed by atoms with Gasteiger partial charge in [0, 0.05) is 6.04 Å². The molecule has 3 heteroatoms. The lowest BCUT2D eigenvalue weighted by molar-refractivity contribution is 0.238. The van der Waals surface area contributed by atoms with Crippen molar-refractivity contribution < 1.29 is 9.47 Å². The van der Waals surface area contributed by atoms with E-state index in [1.54, 1.807) is 0 Å². The lowest BCUT2D eigenvalue weighted by atomic mass is 10.2. The molecule has 1 aromatic carbocycles. The van der Waals surface area contributed by atoms with Gasteiger partial charge in [0.1, 0.15) is 6.61 Å². The Labute approximate surface area is 103 Å². The van der Waals surface area contributed by atoms with Crippen LogP contribution in [0, 0.1) is 5.92 Å². The van der Waals surface area contributed by atoms with Gasteiger partial charge in [-0.2, -0.15) is 0 Å². The molecule has 1 saturated carbocycles. The van der Waals surface area contributed by atoms with Crippen LogP contribution in [0.2, 0.25) is 0 Å². The SMILES string of the molecule is CCOc1ccccc1OCC(NC)C1CC1. The van der Waals surface area contributed by atoms with Gasteiger partial charge in [0.25, 0.3) is 0 Å². The van der Waals surface area contributed by atoms with Crippen LogP contribution < -0.4 is 14.8 Å². The summed E-state index contributed by atoms with van der Waals surface area (Å²) in [6, 6.07) is 8.32. The van der Waals surface area contributed by atoms with Crippen LogP contribution in [0.3, 0.4) is 0 Å². The van der Waals surface area contributed by atoms with Crippen LogP contribution in [0.5, 0.6) is 11.5 Å². The molecule has 0 heterocycles. The average molecular weight is 235 g/mol. The van der Waals surface area contributed by atoms with Crippen LogP contribution in [0.15, 0.2) is 24.3 Å². The van der Waals surface area contributed by atoms with Crippen LogP contribution >= 0.6 is 0 Å². The Balaban J connectivity index is 1.92. The average Bonchev–Trinajstić information content (AvgIpc) is 3.17. The lowest BCUT2D eigenvalue weighted by Crippen LogP contribution is -2.33. The first-order chi connectivity index (χ1) is 8.35. The Morgan fingerprint density at radius 1 is 1.24 bits per heavy atom. The van der Waals surface area contributed by atoms with Crippen molar-refractivity contribution >= 4 is 0 Å². The largest absolute Gasteiger partial charge is 0.490 e. The molecule has 0 bridgehead atoms. The zero-order chi connectivity index (χ0) is 12.1. The highest BCUT2D eigenvalue weighted by atomic mass is 16.5. The van der Waals surface area contributed by atoms with E-state index in [0.29, 0.717) is 19.3 Å². The molecule has 0 saturated heterocycles. The van der Waals surface area contributed by atoms with Crippen molar-refractivity contribution in [2.45, 2.75) is 25.8 Å². The summed E-state index contributed by atoms with van der Waals surface area (Å²) in [6.45, 7) is 3.36. The second kappa shape index (κ2) is 5.92. The number of nitrogens with one attached hydrogen (secondary N) is 1. The van der Waals surface area contributed by atoms with Crippen LogP contribution in [-0.2, 0) is 0 Å². The van der Waals surface area contributed by atoms with Crippen LogP contribution in [0.4, 0.5) is 0 Å². The first-order valence-corrected chi connectivity index (χ1v) is 6.37. The fourth-order valence-electron chi connectivity index (χ4n) is 1.98. The van der Waals surface area contributed by atoms with Gasteiger partial charge >= 0.3 is 0 Å². The summed E-state index contributed by atoms with van der Waals surface area (Å²) in [5.74, 6) is 2.47. The fraction of sp³-hybridized carbons (Fsp3) is 0.571. The van der Waals surface area contributed by atoms with E-state index in [4.69, 9.17) is 9.47 Å². The number of likely N-dealkylation sites (N-methyl/N-ethyl adjacent to an activating group) is 1. The summed E-state index contributed by atoms with van der Waals surface area (Å²) in [4.78, 5) is 0. The van der Waals surface area contributed by atoms with Crippen molar-refractivity contribution in [2.75, 3.05) is 20.3 Å². The van der Waals surface area contributed by atoms with Gasteiger partial charge in [-0.3, -0.25) is 0 Å². The van der Waals surface area contributed by atoms with E-state index in [2.05, 4.69) is 5.32 Å². The highest BCUT2D eigenvalue weighted by molar-refractivity contribution is 5.39. The van der Waals surface area contributed by atoms with Gasteiger partial charge in [0.05, 0.1) is 6.61 Å². The van der Waals surface area contributed by atoms with Crippen LogP contribution in [0.25, 0.3) is 0 Å². The summed E-state index contributed by atoms with van der Waals surface area (Å²) in [5.41, 5.74) is 0. The van der Waals surface area contributed by atoms with Crippen molar-refractivity contribution in [1.82, 2.24) is 5.32 Å². The van der Waals surface area contributed by atoms with E-state index in [0.717, 1.165) is 17.4 Å². The van der Waals surface area contributed by atoms with E-state index in [-0.39, 0.29) is 0 Å². The van der Waals surface area contributed by atoms with Gasteiger partial charge in [-0.15, -0.1) is 0 Å². The molecular formula is C14H21NO2. The van der Waals surface area contributed by atoms with Crippen molar-refractivity contribution in [3.63, 3.8) is 0 Å². The second-order valence-electron chi connectivity index (χ2n) is 4.42. The number of ether oxygens (including phenoxy) is 2. The molecule has 0 amide bonds. The zero-order valence-corrected chi connectivity index (χ0v) is 10.6. The summed E-state index contributed by atoms with van der Waals surface area (Å²) in [7, 11) is 2.00. The number of para-hydroxylation sites is 2. The molecule has 0 spiro atoms. The van der Waals surface area contributed by atoms with E-state index in [9.17, 15) is 0 Å². The first kappa shape index (κ1) is 12.2. The Kier molecular flexibility index (Phi) is 4.26. The third-order valence-corrected chi connectivity index (χ3v) is 3.13.